The Morgan fingerprint density at radius 2 is 2.32 bits per heavy atom. The van der Waals surface area contributed by atoms with Crippen molar-refractivity contribution in [1.29, 1.82) is 0 Å². The Balaban J connectivity index is 2.29. The molecule has 0 aliphatic rings. The second kappa shape index (κ2) is 8.04. The maximum absolute atomic E-state index is 11.5. The number of carbonyl (C=O) groups excluding carboxylic acids is 1. The molecule has 0 fully saturated rings. The van der Waals surface area contributed by atoms with Gasteiger partial charge in [-0.15, -0.1) is 0 Å². The third kappa shape index (κ3) is 5.82. The zero-order valence-electron chi connectivity index (χ0n) is 10.6. The highest BCUT2D eigenvalue weighted by atomic mass is 16.5. The number of ether oxygens (including phenoxy) is 1. The zero-order chi connectivity index (χ0) is 14.1. The minimum absolute atomic E-state index is 0.0780. The van der Waals surface area contributed by atoms with Crippen LogP contribution in [0.5, 0.6) is 0 Å². The van der Waals surface area contributed by atoms with Crippen molar-refractivity contribution >= 4 is 12.0 Å². The lowest BCUT2D eigenvalue weighted by atomic mass is 10.2. The number of carbonyl (C=O) groups is 2. The molecule has 7 nitrogen and oxygen atoms in total. The smallest absolute Gasteiger partial charge is 0.328 e. The van der Waals surface area contributed by atoms with E-state index in [0.717, 1.165) is 5.56 Å². The molecule has 2 amide bonds. The van der Waals surface area contributed by atoms with E-state index in [1.165, 1.54) is 7.11 Å². The number of hydrogen-bond acceptors (Lipinski definition) is 4. The van der Waals surface area contributed by atoms with Crippen LogP contribution in [0, 0.1) is 0 Å². The van der Waals surface area contributed by atoms with Gasteiger partial charge in [-0.25, -0.2) is 9.59 Å². The van der Waals surface area contributed by atoms with Crippen molar-refractivity contribution < 1.29 is 19.4 Å². The molecule has 0 saturated heterocycles. The van der Waals surface area contributed by atoms with Crippen LogP contribution >= 0.6 is 0 Å². The topological polar surface area (TPSA) is 101 Å². The largest absolute Gasteiger partial charge is 0.480 e. The Kier molecular flexibility index (Phi) is 6.31. The van der Waals surface area contributed by atoms with E-state index >= 15 is 0 Å². The molecule has 104 valence electrons. The van der Waals surface area contributed by atoms with Crippen LogP contribution in [0.4, 0.5) is 4.79 Å². The first-order valence-corrected chi connectivity index (χ1v) is 5.78. The van der Waals surface area contributed by atoms with E-state index in [1.54, 1.807) is 12.4 Å². The number of pyridine rings is 1. The minimum Gasteiger partial charge on any atom is -0.480 e. The molecule has 3 N–H and O–H groups in total. The predicted molar refractivity (Wildman–Crippen MR) is 67.8 cm³/mol. The van der Waals surface area contributed by atoms with Crippen LogP contribution in [0.25, 0.3) is 0 Å². The van der Waals surface area contributed by atoms with E-state index in [4.69, 9.17) is 9.84 Å². The summed E-state index contributed by atoms with van der Waals surface area (Å²) in [4.78, 5) is 26.2. The fourth-order valence-corrected chi connectivity index (χ4v) is 1.42. The second-order valence-electron chi connectivity index (χ2n) is 3.86. The molecule has 1 aromatic rings. The summed E-state index contributed by atoms with van der Waals surface area (Å²) in [6, 6.07) is 2.13. The number of nitrogens with zero attached hydrogens (tertiary/aromatic N) is 1. The molecule has 1 heterocycles. The van der Waals surface area contributed by atoms with Gasteiger partial charge < -0.3 is 20.5 Å². The van der Waals surface area contributed by atoms with Crippen LogP contribution in [0.1, 0.15) is 5.56 Å². The summed E-state index contributed by atoms with van der Waals surface area (Å²) in [5.41, 5.74) is 0.995. The van der Waals surface area contributed by atoms with Gasteiger partial charge in [-0.05, 0) is 18.1 Å². The van der Waals surface area contributed by atoms with Gasteiger partial charge in [-0.3, -0.25) is 4.98 Å². The number of hydrogen-bond donors (Lipinski definition) is 3. The van der Waals surface area contributed by atoms with Gasteiger partial charge in [0.1, 0.15) is 0 Å². The third-order valence-electron chi connectivity index (χ3n) is 2.36. The maximum Gasteiger partial charge on any atom is 0.328 e. The average Bonchev–Trinajstić information content (AvgIpc) is 2.39. The van der Waals surface area contributed by atoms with Gasteiger partial charge in [0.2, 0.25) is 0 Å². The number of urea groups is 1. The standard InChI is InChI=1S/C12H17N3O4/c1-19-8-10(11(16)17)15-12(18)14-6-4-9-3-2-5-13-7-9/h2-3,5,7,10H,4,6,8H2,1H3,(H,16,17)(H2,14,15,18). The Morgan fingerprint density at radius 3 is 2.89 bits per heavy atom. The Bertz CT molecular complexity index is 411. The zero-order valence-corrected chi connectivity index (χ0v) is 10.6. The van der Waals surface area contributed by atoms with Crippen LogP contribution in [0.15, 0.2) is 24.5 Å². The molecule has 0 bridgehead atoms. The number of nitrogens with one attached hydrogen (secondary N) is 2. The molecular formula is C12H17N3O4. The summed E-state index contributed by atoms with van der Waals surface area (Å²) < 4.78 is 4.71. The van der Waals surface area contributed by atoms with Gasteiger partial charge in [0, 0.05) is 26.0 Å². The summed E-state index contributed by atoms with van der Waals surface area (Å²) >= 11 is 0. The molecule has 19 heavy (non-hydrogen) atoms. The molecule has 0 saturated carbocycles. The number of rotatable bonds is 7. The highest BCUT2D eigenvalue weighted by molar-refractivity contribution is 5.82. The lowest BCUT2D eigenvalue weighted by molar-refractivity contribution is -0.140. The van der Waals surface area contributed by atoms with Gasteiger partial charge in [-0.1, -0.05) is 6.07 Å². The lowest BCUT2D eigenvalue weighted by Gasteiger charge is -2.14. The molecule has 1 aromatic heterocycles. The normalized spacial score (nSPS) is 11.6. The fourth-order valence-electron chi connectivity index (χ4n) is 1.42. The number of carboxylic acids is 1. The Hall–Kier alpha value is -2.15. The van der Waals surface area contributed by atoms with E-state index in [-0.39, 0.29) is 6.61 Å². The third-order valence-corrected chi connectivity index (χ3v) is 2.36. The van der Waals surface area contributed by atoms with Crippen LogP contribution in [-0.4, -0.2) is 48.4 Å². The van der Waals surface area contributed by atoms with Crippen molar-refractivity contribution in [3.8, 4) is 0 Å². The van der Waals surface area contributed by atoms with Gasteiger partial charge in [0.25, 0.3) is 0 Å². The first-order chi connectivity index (χ1) is 9.13. The quantitative estimate of drug-likeness (QED) is 0.646. The minimum atomic E-state index is -1.13. The number of aliphatic carboxylic acids is 1. The molecule has 0 radical (unpaired) electrons. The van der Waals surface area contributed by atoms with Crippen molar-refractivity contribution in [3.63, 3.8) is 0 Å². The van der Waals surface area contributed by atoms with Gasteiger partial charge >= 0.3 is 12.0 Å². The van der Waals surface area contributed by atoms with Crippen LogP contribution in [0.2, 0.25) is 0 Å². The van der Waals surface area contributed by atoms with Crippen LogP contribution in [0.3, 0.4) is 0 Å². The van der Waals surface area contributed by atoms with Gasteiger partial charge in [-0.2, -0.15) is 0 Å². The van der Waals surface area contributed by atoms with Gasteiger partial charge in [0.05, 0.1) is 6.61 Å². The first kappa shape index (κ1) is 14.9. The predicted octanol–water partition coefficient (Wildman–Crippen LogP) is 0.0229. The second-order valence-corrected chi connectivity index (χ2v) is 3.86. The number of amides is 2. The van der Waals surface area contributed by atoms with Crippen molar-refractivity contribution in [2.75, 3.05) is 20.3 Å². The molecule has 0 aliphatic heterocycles. The number of carboxylic acid groups (broad SMARTS) is 1. The van der Waals surface area contributed by atoms with Crippen molar-refractivity contribution in [2.24, 2.45) is 0 Å². The average molecular weight is 267 g/mol. The van der Waals surface area contributed by atoms with E-state index in [1.807, 2.05) is 12.1 Å². The molecule has 1 rings (SSSR count). The summed E-state index contributed by atoms with van der Waals surface area (Å²) in [5, 5.41) is 13.7. The summed E-state index contributed by atoms with van der Waals surface area (Å²) in [5.74, 6) is -1.13. The van der Waals surface area contributed by atoms with Gasteiger partial charge in [0.15, 0.2) is 6.04 Å². The van der Waals surface area contributed by atoms with Crippen molar-refractivity contribution in [1.82, 2.24) is 15.6 Å². The first-order valence-electron chi connectivity index (χ1n) is 5.78. The Morgan fingerprint density at radius 1 is 1.53 bits per heavy atom. The number of aromatic nitrogens is 1. The lowest BCUT2D eigenvalue weighted by Crippen LogP contribution is -2.48. The maximum atomic E-state index is 11.5. The molecular weight excluding hydrogens is 250 g/mol. The van der Waals surface area contributed by atoms with E-state index in [0.29, 0.717) is 13.0 Å². The van der Waals surface area contributed by atoms with Crippen LogP contribution in [-0.2, 0) is 16.0 Å². The molecule has 1 atom stereocenters. The highest BCUT2D eigenvalue weighted by Gasteiger charge is 2.19. The summed E-state index contributed by atoms with van der Waals surface area (Å²) in [6.07, 6.45) is 4.01. The van der Waals surface area contributed by atoms with Crippen molar-refractivity contribution in [3.05, 3.63) is 30.1 Å². The monoisotopic (exact) mass is 267 g/mol. The van der Waals surface area contributed by atoms with E-state index < -0.39 is 18.0 Å². The van der Waals surface area contributed by atoms with E-state index in [9.17, 15) is 9.59 Å². The SMILES string of the molecule is COCC(NC(=O)NCCc1cccnc1)C(=O)O. The molecule has 1 unspecified atom stereocenters. The number of methoxy groups -OCH3 is 1. The molecule has 7 heteroatoms. The molecule has 0 aromatic carbocycles. The fraction of sp³-hybridized carbons (Fsp3) is 0.417. The van der Waals surface area contributed by atoms with Crippen molar-refractivity contribution in [2.45, 2.75) is 12.5 Å². The molecule has 0 aliphatic carbocycles. The summed E-state index contributed by atoms with van der Waals surface area (Å²) in [6.45, 7) is 0.322. The summed E-state index contributed by atoms with van der Waals surface area (Å²) in [7, 11) is 1.37. The van der Waals surface area contributed by atoms with E-state index in [2.05, 4.69) is 15.6 Å². The van der Waals surface area contributed by atoms with Crippen LogP contribution < -0.4 is 10.6 Å². The highest BCUT2D eigenvalue weighted by Crippen LogP contribution is 1.95. The Labute approximate surface area is 111 Å². The molecule has 0 spiro atoms.